The van der Waals surface area contributed by atoms with E-state index in [1.807, 2.05) is 29.1 Å². The summed E-state index contributed by atoms with van der Waals surface area (Å²) >= 11 is 0. The Hall–Kier alpha value is -4.47. The number of fused-ring (bicyclic) bond motifs is 3. The van der Waals surface area contributed by atoms with Gasteiger partial charge < -0.3 is 9.30 Å². The Morgan fingerprint density at radius 3 is 2.29 bits per heavy atom. The van der Waals surface area contributed by atoms with Gasteiger partial charge in [-0.3, -0.25) is 4.68 Å². The van der Waals surface area contributed by atoms with Gasteiger partial charge in [-0.1, -0.05) is 67.4 Å². The maximum absolute atomic E-state index is 6.55. The first-order valence-corrected chi connectivity index (χ1v) is 15.0. The van der Waals surface area contributed by atoms with Gasteiger partial charge in [-0.2, -0.15) is 11.2 Å². The molecule has 0 atom stereocenters. The third-order valence-electron chi connectivity index (χ3n) is 8.26. The number of rotatable bonds is 6. The minimum absolute atomic E-state index is 0. The topological polar surface area (TPSA) is 44.9 Å². The molecule has 0 spiro atoms. The maximum Gasteiger partial charge on any atom is 2.00 e. The zero-order valence-corrected chi connectivity index (χ0v) is 28.5. The second kappa shape index (κ2) is 12.1. The fourth-order valence-electron chi connectivity index (χ4n) is 6.05. The van der Waals surface area contributed by atoms with E-state index >= 15 is 0 Å². The van der Waals surface area contributed by atoms with Gasteiger partial charge >= 0.3 is 21.1 Å². The van der Waals surface area contributed by atoms with Gasteiger partial charge in [-0.15, -0.1) is 41.3 Å². The molecule has 0 saturated heterocycles. The molecular weight excluding hydrogens is 736 g/mol. The van der Waals surface area contributed by atoms with E-state index in [0.29, 0.717) is 17.4 Å². The molecule has 0 radical (unpaired) electrons. The van der Waals surface area contributed by atoms with Crippen molar-refractivity contribution in [2.45, 2.75) is 47.5 Å². The third kappa shape index (κ3) is 5.62. The number of nitrogens with zero attached hydrogens (tertiary/aromatic N) is 4. The van der Waals surface area contributed by atoms with Crippen molar-refractivity contribution in [3.8, 4) is 34.1 Å². The van der Waals surface area contributed by atoms with Crippen LogP contribution in [0, 0.1) is 39.8 Å². The molecule has 5 nitrogen and oxygen atoms in total. The number of hydrogen-bond acceptors (Lipinski definition) is 3. The second-order valence-electron chi connectivity index (χ2n) is 11.9. The monoisotopic (exact) mass is 769 g/mol. The Kier molecular flexibility index (Phi) is 8.24. The van der Waals surface area contributed by atoms with Crippen LogP contribution in [0.2, 0.25) is 0 Å². The van der Waals surface area contributed by atoms with Crippen LogP contribution in [0.15, 0.2) is 91.1 Å². The molecule has 0 N–H and O–H groups in total. The molecule has 0 amide bonds. The van der Waals surface area contributed by atoms with Gasteiger partial charge in [0.05, 0.1) is 5.69 Å². The van der Waals surface area contributed by atoms with E-state index in [4.69, 9.17) is 14.8 Å². The molecule has 0 aliphatic rings. The molecule has 0 unspecified atom stereocenters. The summed E-state index contributed by atoms with van der Waals surface area (Å²) in [6.07, 6.45) is 1.85. The molecule has 0 fully saturated rings. The van der Waals surface area contributed by atoms with Crippen molar-refractivity contribution in [1.29, 1.82) is 0 Å². The molecule has 7 rings (SSSR count). The molecule has 226 valence electrons. The summed E-state index contributed by atoms with van der Waals surface area (Å²) in [7, 11) is 0. The molecule has 0 aliphatic carbocycles. The van der Waals surface area contributed by atoms with Gasteiger partial charge in [0.2, 0.25) is 0 Å². The number of benzene rings is 4. The van der Waals surface area contributed by atoms with Crippen LogP contribution >= 0.6 is 0 Å². The number of pyridine rings is 1. The average molecular weight is 770 g/mol. The number of hydrogen-bond donors (Lipinski definition) is 0. The standard InChI is InChI=1S/C39H34N4O.Pt/c1-24(2)30-20-31(43-28(6)39(27(5)41-43)29-10-8-7-9-11-29)22-33(21-30)44-32-13-14-34-35-18-25(3)12-15-36(35)42(37(34)23-32)38-19-26(4)16-17-40-38;/h7-21,24H,1-6H3;/q-2;+2. The van der Waals surface area contributed by atoms with Crippen LogP contribution < -0.4 is 4.74 Å². The van der Waals surface area contributed by atoms with Crippen LogP contribution in [0.1, 0.15) is 47.8 Å². The molecule has 0 saturated carbocycles. The number of aromatic nitrogens is 4. The Labute approximate surface area is 278 Å². The van der Waals surface area contributed by atoms with Crippen LogP contribution in [0.4, 0.5) is 0 Å². The third-order valence-corrected chi connectivity index (χ3v) is 8.26. The minimum Gasteiger partial charge on any atom is -0.509 e. The van der Waals surface area contributed by atoms with Crippen molar-refractivity contribution in [1.82, 2.24) is 19.3 Å². The first-order valence-electron chi connectivity index (χ1n) is 15.0. The Bertz CT molecular complexity index is 2180. The fraction of sp³-hybridized carbons (Fsp3) is 0.179. The predicted molar refractivity (Wildman–Crippen MR) is 178 cm³/mol. The molecule has 7 aromatic rings. The van der Waals surface area contributed by atoms with E-state index in [-0.39, 0.29) is 21.1 Å². The Balaban J connectivity index is 0.00000357. The summed E-state index contributed by atoms with van der Waals surface area (Å²) in [6.45, 7) is 12.8. The van der Waals surface area contributed by atoms with E-state index < -0.39 is 0 Å². The predicted octanol–water partition coefficient (Wildman–Crippen LogP) is 9.78. The zero-order valence-electron chi connectivity index (χ0n) is 26.3. The summed E-state index contributed by atoms with van der Waals surface area (Å²) in [5.74, 6) is 2.40. The summed E-state index contributed by atoms with van der Waals surface area (Å²) < 4.78 is 10.7. The quantitative estimate of drug-likeness (QED) is 0.158. The summed E-state index contributed by atoms with van der Waals surface area (Å²) in [6, 6.07) is 36.5. The zero-order chi connectivity index (χ0) is 30.5. The molecule has 0 aliphatic heterocycles. The average Bonchev–Trinajstić information content (AvgIpc) is 3.49. The van der Waals surface area contributed by atoms with Crippen LogP contribution in [0.5, 0.6) is 11.5 Å². The van der Waals surface area contributed by atoms with Crippen molar-refractivity contribution in [2.75, 3.05) is 0 Å². The van der Waals surface area contributed by atoms with Gasteiger partial charge in [0.15, 0.2) is 0 Å². The molecule has 45 heavy (non-hydrogen) atoms. The Morgan fingerprint density at radius 1 is 0.756 bits per heavy atom. The molecule has 4 aromatic carbocycles. The van der Waals surface area contributed by atoms with Crippen LogP contribution in [-0.4, -0.2) is 19.3 Å². The van der Waals surface area contributed by atoms with Crippen molar-refractivity contribution in [3.63, 3.8) is 0 Å². The first kappa shape index (κ1) is 30.6. The van der Waals surface area contributed by atoms with Gasteiger partial charge in [-0.05, 0) is 74.0 Å². The van der Waals surface area contributed by atoms with Crippen molar-refractivity contribution >= 4 is 21.8 Å². The largest absolute Gasteiger partial charge is 2.00 e. The van der Waals surface area contributed by atoms with Crippen LogP contribution in [0.3, 0.4) is 0 Å². The maximum atomic E-state index is 6.55. The van der Waals surface area contributed by atoms with Gasteiger partial charge in [0.25, 0.3) is 0 Å². The second-order valence-corrected chi connectivity index (χ2v) is 11.9. The molecule has 0 bridgehead atoms. The van der Waals surface area contributed by atoms with E-state index in [9.17, 15) is 0 Å². The van der Waals surface area contributed by atoms with Crippen LogP contribution in [0.25, 0.3) is 44.4 Å². The normalized spacial score (nSPS) is 11.4. The van der Waals surface area contributed by atoms with E-state index in [1.54, 1.807) is 0 Å². The fourth-order valence-corrected chi connectivity index (χ4v) is 6.05. The van der Waals surface area contributed by atoms with Crippen molar-refractivity contribution in [2.24, 2.45) is 0 Å². The van der Waals surface area contributed by atoms with E-state index in [0.717, 1.165) is 61.6 Å². The Morgan fingerprint density at radius 2 is 1.53 bits per heavy atom. The summed E-state index contributed by atoms with van der Waals surface area (Å²) in [5, 5.41) is 7.22. The first-order chi connectivity index (χ1) is 21.3. The number of aryl methyl sites for hydroxylation is 3. The van der Waals surface area contributed by atoms with Crippen LogP contribution in [-0.2, 0) is 21.1 Å². The van der Waals surface area contributed by atoms with Crippen molar-refractivity contribution in [3.05, 3.63) is 131 Å². The summed E-state index contributed by atoms with van der Waals surface area (Å²) in [4.78, 5) is 4.72. The minimum atomic E-state index is 0. The van der Waals surface area contributed by atoms with Crippen molar-refractivity contribution < 1.29 is 25.8 Å². The molecule has 3 aromatic heterocycles. The smallest absolute Gasteiger partial charge is 0.509 e. The number of ether oxygens (including phenoxy) is 1. The van der Waals surface area contributed by atoms with Gasteiger partial charge in [0.1, 0.15) is 5.82 Å². The van der Waals surface area contributed by atoms with E-state index in [2.05, 4.69) is 125 Å². The summed E-state index contributed by atoms with van der Waals surface area (Å²) in [5.41, 5.74) is 10.7. The molecule has 6 heteroatoms. The molecular formula is C39H34N4OPt. The van der Waals surface area contributed by atoms with Gasteiger partial charge in [-0.25, -0.2) is 4.98 Å². The van der Waals surface area contributed by atoms with E-state index in [1.165, 1.54) is 10.9 Å². The molecule has 3 heterocycles. The SMILES string of the molecule is Cc1ccnc(-n2c3[c-]c(Oc4[c-]c(-n5nc(C)c(-c6ccccc6)c5C)cc(C(C)C)c4)ccc3c3cc(C)ccc32)c1.[Pt+2]. The van der Waals surface area contributed by atoms with Gasteiger partial charge in [0, 0.05) is 34.5 Å².